The molecule has 0 aromatic heterocycles. The van der Waals surface area contributed by atoms with Crippen LogP contribution < -0.4 is 10.1 Å². The molecule has 1 saturated heterocycles. The number of benzene rings is 1. The molecule has 1 fully saturated rings. The molecule has 1 aromatic rings. The number of nitrogens with zero attached hydrogens (tertiary/aromatic N) is 1. The quantitative estimate of drug-likeness (QED) is 0.679. The van der Waals surface area contributed by atoms with Crippen LogP contribution in [0.5, 0.6) is 5.75 Å². The first-order chi connectivity index (χ1) is 12.9. The topological polar surface area (TPSA) is 95.9 Å². The van der Waals surface area contributed by atoms with Crippen LogP contribution in [0.3, 0.4) is 0 Å². The van der Waals surface area contributed by atoms with Crippen LogP contribution in [0.15, 0.2) is 24.3 Å². The normalized spacial score (nSPS) is 19.4. The van der Waals surface area contributed by atoms with Gasteiger partial charge in [-0.1, -0.05) is 12.1 Å². The predicted octanol–water partition coefficient (Wildman–Crippen LogP) is 2.31. The van der Waals surface area contributed by atoms with E-state index < -0.39 is 11.4 Å². The second-order valence-corrected chi connectivity index (χ2v) is 7.07. The molecule has 7 nitrogen and oxygen atoms in total. The highest BCUT2D eigenvalue weighted by Gasteiger charge is 2.39. The molecule has 0 saturated carbocycles. The van der Waals surface area contributed by atoms with Crippen LogP contribution in [0, 0.1) is 5.41 Å². The largest absolute Gasteiger partial charge is 0.493 e. The molecule has 2 amide bonds. The van der Waals surface area contributed by atoms with Crippen LogP contribution >= 0.6 is 0 Å². The number of rotatable bonds is 8. The molecule has 7 heteroatoms. The number of hydrogen-bond donors (Lipinski definition) is 2. The Morgan fingerprint density at radius 2 is 2.04 bits per heavy atom. The molecule has 2 rings (SSSR count). The van der Waals surface area contributed by atoms with E-state index >= 15 is 0 Å². The molecule has 1 aliphatic rings. The van der Waals surface area contributed by atoms with Crippen molar-refractivity contribution in [3.05, 3.63) is 29.8 Å². The fourth-order valence-electron chi connectivity index (χ4n) is 3.26. The average Bonchev–Trinajstić information content (AvgIpc) is 2.65. The number of likely N-dealkylation sites (tertiary alicyclic amines) is 1. The maximum atomic E-state index is 12.4. The molecular formula is C20H28N2O5. The Bertz CT molecular complexity index is 691. The number of piperidine rings is 1. The van der Waals surface area contributed by atoms with Gasteiger partial charge in [-0.25, -0.2) is 0 Å². The minimum Gasteiger partial charge on any atom is -0.493 e. The lowest BCUT2D eigenvalue weighted by Crippen LogP contribution is -2.48. The summed E-state index contributed by atoms with van der Waals surface area (Å²) in [5, 5.41) is 12.2. The molecule has 148 valence electrons. The average molecular weight is 376 g/mol. The van der Waals surface area contributed by atoms with Crippen LogP contribution in [-0.4, -0.2) is 54.0 Å². The lowest BCUT2D eigenvalue weighted by atomic mass is 9.82. The van der Waals surface area contributed by atoms with Crippen molar-refractivity contribution in [1.29, 1.82) is 0 Å². The van der Waals surface area contributed by atoms with Crippen LogP contribution in [-0.2, 0) is 9.59 Å². The molecule has 1 atom stereocenters. The lowest BCUT2D eigenvalue weighted by molar-refractivity contribution is -0.153. The van der Waals surface area contributed by atoms with Crippen molar-refractivity contribution < 1.29 is 24.2 Å². The van der Waals surface area contributed by atoms with Crippen molar-refractivity contribution in [3.8, 4) is 5.75 Å². The zero-order valence-electron chi connectivity index (χ0n) is 16.0. The van der Waals surface area contributed by atoms with Crippen LogP contribution in [0.2, 0.25) is 0 Å². The first-order valence-corrected chi connectivity index (χ1v) is 9.38. The Kier molecular flexibility index (Phi) is 7.21. The summed E-state index contributed by atoms with van der Waals surface area (Å²) in [7, 11) is 0. The van der Waals surface area contributed by atoms with Crippen LogP contribution in [0.25, 0.3) is 0 Å². The first kappa shape index (κ1) is 20.7. The van der Waals surface area contributed by atoms with Crippen LogP contribution in [0.1, 0.15) is 49.9 Å². The number of carbonyl (C=O) groups excluding carboxylic acids is 2. The second-order valence-electron chi connectivity index (χ2n) is 7.07. The number of carbonyl (C=O) groups is 3. The number of hydrogen-bond acceptors (Lipinski definition) is 4. The van der Waals surface area contributed by atoms with Gasteiger partial charge in [-0.3, -0.25) is 14.4 Å². The Morgan fingerprint density at radius 1 is 1.30 bits per heavy atom. The second kappa shape index (κ2) is 9.39. The van der Waals surface area contributed by atoms with Gasteiger partial charge in [0.1, 0.15) is 5.75 Å². The molecular weight excluding hydrogens is 348 g/mol. The van der Waals surface area contributed by atoms with Crippen LogP contribution in [0.4, 0.5) is 0 Å². The third-order valence-corrected chi connectivity index (χ3v) is 4.85. The Balaban J connectivity index is 1.79. The molecule has 1 aliphatic heterocycles. The fourth-order valence-corrected chi connectivity index (χ4v) is 3.26. The highest BCUT2D eigenvalue weighted by molar-refractivity contribution is 5.96. The molecule has 1 heterocycles. The summed E-state index contributed by atoms with van der Waals surface area (Å²) in [4.78, 5) is 37.7. The standard InChI is InChI=1S/C20H28N2O5/c1-3-27-16-9-5-4-8-15(16)18(24)21-12-6-10-17(23)22-13-7-11-20(2,14-22)19(25)26/h4-5,8-9H,3,6-7,10-14H2,1-2H3,(H,21,24)(H,25,26). The van der Waals surface area contributed by atoms with Crippen molar-refractivity contribution >= 4 is 17.8 Å². The van der Waals surface area contributed by atoms with Gasteiger partial charge >= 0.3 is 5.97 Å². The highest BCUT2D eigenvalue weighted by Crippen LogP contribution is 2.30. The molecule has 2 N–H and O–H groups in total. The van der Waals surface area contributed by atoms with Crippen molar-refractivity contribution in [1.82, 2.24) is 10.2 Å². The summed E-state index contributed by atoms with van der Waals surface area (Å²) in [5.74, 6) is -0.621. The van der Waals surface area contributed by atoms with E-state index in [9.17, 15) is 19.5 Å². The lowest BCUT2D eigenvalue weighted by Gasteiger charge is -2.37. The number of ether oxygens (including phenoxy) is 1. The number of nitrogens with one attached hydrogen (secondary N) is 1. The number of carboxylic acids is 1. The monoisotopic (exact) mass is 376 g/mol. The SMILES string of the molecule is CCOc1ccccc1C(=O)NCCCC(=O)N1CCCC(C)(C(=O)O)C1. The van der Waals surface area contributed by atoms with Gasteiger partial charge in [-0.05, 0) is 45.2 Å². The van der Waals surface area contributed by atoms with E-state index in [2.05, 4.69) is 5.32 Å². The smallest absolute Gasteiger partial charge is 0.311 e. The van der Waals surface area contributed by atoms with Gasteiger partial charge in [-0.15, -0.1) is 0 Å². The molecule has 0 radical (unpaired) electrons. The molecule has 0 bridgehead atoms. The van der Waals surface area contributed by atoms with Gasteiger partial charge in [0.25, 0.3) is 5.91 Å². The van der Waals surface area contributed by atoms with E-state index in [1.54, 1.807) is 30.0 Å². The number of para-hydroxylation sites is 1. The summed E-state index contributed by atoms with van der Waals surface area (Å²) in [5.41, 5.74) is -0.399. The molecule has 0 aliphatic carbocycles. The van der Waals surface area contributed by atoms with Gasteiger partial charge in [-0.2, -0.15) is 0 Å². The number of amides is 2. The van der Waals surface area contributed by atoms with Crippen molar-refractivity contribution in [2.24, 2.45) is 5.41 Å². The zero-order chi connectivity index (χ0) is 19.9. The van der Waals surface area contributed by atoms with E-state index in [0.29, 0.717) is 50.3 Å². The summed E-state index contributed by atoms with van der Waals surface area (Å²) in [6.07, 6.45) is 2.06. The third-order valence-electron chi connectivity index (χ3n) is 4.85. The minimum atomic E-state index is -0.870. The van der Waals surface area contributed by atoms with Gasteiger partial charge in [0.2, 0.25) is 5.91 Å². The zero-order valence-corrected chi connectivity index (χ0v) is 16.0. The Hall–Kier alpha value is -2.57. The predicted molar refractivity (Wildman–Crippen MR) is 101 cm³/mol. The van der Waals surface area contributed by atoms with Gasteiger partial charge in [0.15, 0.2) is 0 Å². The van der Waals surface area contributed by atoms with E-state index in [0.717, 1.165) is 0 Å². The van der Waals surface area contributed by atoms with Gasteiger partial charge in [0.05, 0.1) is 17.6 Å². The maximum Gasteiger partial charge on any atom is 0.311 e. The number of aliphatic carboxylic acids is 1. The molecule has 1 aromatic carbocycles. The molecule has 27 heavy (non-hydrogen) atoms. The number of carboxylic acid groups (broad SMARTS) is 1. The maximum absolute atomic E-state index is 12.4. The van der Waals surface area contributed by atoms with Crippen molar-refractivity contribution in [2.75, 3.05) is 26.2 Å². The molecule has 1 unspecified atom stereocenters. The van der Waals surface area contributed by atoms with E-state index in [-0.39, 0.29) is 24.8 Å². The summed E-state index contributed by atoms with van der Waals surface area (Å²) < 4.78 is 5.45. The van der Waals surface area contributed by atoms with E-state index in [4.69, 9.17) is 4.74 Å². The van der Waals surface area contributed by atoms with E-state index in [1.807, 2.05) is 13.0 Å². The summed E-state index contributed by atoms with van der Waals surface area (Å²) in [6, 6.07) is 7.03. The Morgan fingerprint density at radius 3 is 2.74 bits per heavy atom. The molecule has 0 spiro atoms. The van der Waals surface area contributed by atoms with Crippen molar-refractivity contribution in [3.63, 3.8) is 0 Å². The van der Waals surface area contributed by atoms with Crippen molar-refractivity contribution in [2.45, 2.75) is 39.5 Å². The highest BCUT2D eigenvalue weighted by atomic mass is 16.5. The summed E-state index contributed by atoms with van der Waals surface area (Å²) in [6.45, 7) is 5.23. The van der Waals surface area contributed by atoms with E-state index in [1.165, 1.54) is 0 Å². The summed E-state index contributed by atoms with van der Waals surface area (Å²) >= 11 is 0. The first-order valence-electron chi connectivity index (χ1n) is 9.38. The minimum absolute atomic E-state index is 0.0638. The Labute approximate surface area is 159 Å². The third kappa shape index (κ3) is 5.45. The fraction of sp³-hybridized carbons (Fsp3) is 0.550. The van der Waals surface area contributed by atoms with Gasteiger partial charge < -0.3 is 20.1 Å². The van der Waals surface area contributed by atoms with Gasteiger partial charge in [0, 0.05) is 26.1 Å².